The van der Waals surface area contributed by atoms with Gasteiger partial charge >= 0.3 is 6.03 Å². The fraction of sp³-hybridized carbons (Fsp3) is 0.105. The van der Waals surface area contributed by atoms with Gasteiger partial charge in [-0.25, -0.2) is 9.69 Å². The van der Waals surface area contributed by atoms with Gasteiger partial charge in [0.1, 0.15) is 5.57 Å². The van der Waals surface area contributed by atoms with E-state index in [9.17, 15) is 14.4 Å². The van der Waals surface area contributed by atoms with Crippen LogP contribution in [0.3, 0.4) is 0 Å². The summed E-state index contributed by atoms with van der Waals surface area (Å²) in [5, 5.41) is 5.36. The molecule has 1 aliphatic rings. The van der Waals surface area contributed by atoms with Gasteiger partial charge in [-0.2, -0.15) is 0 Å². The Balaban J connectivity index is 2.05. The number of barbiturate groups is 1. The smallest absolute Gasteiger partial charge is 0.335 e. The lowest BCUT2D eigenvalue weighted by Crippen LogP contribution is -2.54. The van der Waals surface area contributed by atoms with E-state index in [1.165, 1.54) is 6.08 Å². The summed E-state index contributed by atoms with van der Waals surface area (Å²) >= 11 is 7.78. The van der Waals surface area contributed by atoms with Crippen molar-refractivity contribution in [2.24, 2.45) is 0 Å². The van der Waals surface area contributed by atoms with Crippen LogP contribution in [0.2, 0.25) is 0 Å². The third-order valence-corrected chi connectivity index (χ3v) is 6.72. The zero-order valence-corrected chi connectivity index (χ0v) is 20.7. The maximum absolute atomic E-state index is 13.0. The van der Waals surface area contributed by atoms with E-state index < -0.39 is 17.8 Å². The minimum Gasteiger partial charge on any atom is -0.386 e. The summed E-state index contributed by atoms with van der Waals surface area (Å²) in [6, 6.07) is 8.09. The van der Waals surface area contributed by atoms with Crippen LogP contribution in [-0.2, 0) is 9.59 Å². The Morgan fingerprint density at radius 3 is 2.32 bits per heavy atom. The molecule has 2 aromatic carbocycles. The fourth-order valence-corrected chi connectivity index (χ4v) is 5.34. The number of hydrogen-bond donors (Lipinski definition) is 2. The van der Waals surface area contributed by atoms with E-state index in [1.54, 1.807) is 18.2 Å². The van der Waals surface area contributed by atoms with Crippen molar-refractivity contribution < 1.29 is 14.4 Å². The minimum absolute atomic E-state index is 0.0935. The molecule has 1 saturated heterocycles. The second-order valence-corrected chi connectivity index (χ2v) is 9.18. The Labute approximate surface area is 197 Å². The van der Waals surface area contributed by atoms with Crippen LogP contribution in [0.5, 0.6) is 0 Å². The number of anilines is 2. The third kappa shape index (κ3) is 4.10. The van der Waals surface area contributed by atoms with E-state index in [0.29, 0.717) is 11.3 Å². The summed E-state index contributed by atoms with van der Waals surface area (Å²) in [6.45, 7) is 1.86. The maximum atomic E-state index is 13.0. The summed E-state index contributed by atoms with van der Waals surface area (Å²) < 4.78 is 2.78. The molecular weight excluding hydrogens is 652 g/mol. The van der Waals surface area contributed by atoms with Gasteiger partial charge in [-0.15, -0.1) is 0 Å². The minimum atomic E-state index is -0.761. The van der Waals surface area contributed by atoms with Crippen molar-refractivity contribution in [2.45, 2.75) is 6.92 Å². The second kappa shape index (κ2) is 8.49. The van der Waals surface area contributed by atoms with Crippen molar-refractivity contribution >= 4 is 96.4 Å². The molecule has 144 valence electrons. The van der Waals surface area contributed by atoms with Crippen LogP contribution in [0.4, 0.5) is 16.2 Å². The largest absolute Gasteiger partial charge is 0.386 e. The van der Waals surface area contributed by atoms with Gasteiger partial charge in [0, 0.05) is 18.7 Å². The van der Waals surface area contributed by atoms with Crippen LogP contribution in [0, 0.1) is 14.1 Å². The molecule has 1 fully saturated rings. The number of urea groups is 1. The molecule has 0 atom stereocenters. The number of carbonyl (C=O) groups is 3. The van der Waals surface area contributed by atoms with E-state index in [1.807, 2.05) is 26.1 Å². The van der Waals surface area contributed by atoms with Crippen molar-refractivity contribution in [3.8, 4) is 0 Å². The number of nitrogens with zero attached hydrogens (tertiary/aromatic N) is 1. The van der Waals surface area contributed by atoms with Gasteiger partial charge in [-0.3, -0.25) is 14.9 Å². The van der Waals surface area contributed by atoms with Gasteiger partial charge in [-0.1, -0.05) is 15.9 Å². The maximum Gasteiger partial charge on any atom is 0.335 e. The molecule has 3 rings (SSSR count). The molecule has 0 aromatic heterocycles. The van der Waals surface area contributed by atoms with Gasteiger partial charge in [0.15, 0.2) is 0 Å². The fourth-order valence-electron chi connectivity index (χ4n) is 2.74. The monoisotopic (exact) mass is 665 g/mol. The molecule has 2 N–H and O–H groups in total. The zero-order valence-electron chi connectivity index (χ0n) is 14.8. The molecule has 9 heteroatoms. The summed E-state index contributed by atoms with van der Waals surface area (Å²) in [5.74, 6) is -1.36. The van der Waals surface area contributed by atoms with Gasteiger partial charge in [-0.05, 0) is 99.6 Å². The lowest BCUT2D eigenvalue weighted by Gasteiger charge is -2.26. The lowest BCUT2D eigenvalue weighted by atomic mass is 10.1. The first-order valence-corrected chi connectivity index (χ1v) is 11.0. The number of nitrogens with one attached hydrogen (secondary N) is 2. The van der Waals surface area contributed by atoms with Crippen LogP contribution in [0.25, 0.3) is 6.08 Å². The highest BCUT2D eigenvalue weighted by atomic mass is 127. The molecule has 0 saturated carbocycles. The molecule has 0 unspecified atom stereocenters. The predicted octanol–water partition coefficient (Wildman–Crippen LogP) is 4.67. The Kier molecular flexibility index (Phi) is 6.44. The number of rotatable bonds is 3. The standard InChI is InChI=1S/C19H14BrI2N3O3/c1-9-5-11(3-4-13(9)20)25-18(27)12(17(26)24-19(25)28)6-10-7-14(21)16(23-2)15(22)8-10/h3-8,23H,1-2H3,(H,24,26,28)/b12-6+. The topological polar surface area (TPSA) is 78.5 Å². The van der Waals surface area contributed by atoms with Crippen LogP contribution >= 0.6 is 61.1 Å². The van der Waals surface area contributed by atoms with E-state index in [-0.39, 0.29) is 5.57 Å². The first-order chi connectivity index (χ1) is 13.2. The van der Waals surface area contributed by atoms with Crippen molar-refractivity contribution in [1.29, 1.82) is 0 Å². The van der Waals surface area contributed by atoms with Gasteiger partial charge in [0.25, 0.3) is 11.8 Å². The Hall–Kier alpha value is -1.47. The van der Waals surface area contributed by atoms with Crippen LogP contribution < -0.4 is 15.5 Å². The summed E-state index contributed by atoms with van der Waals surface area (Å²) in [6.07, 6.45) is 1.51. The summed E-state index contributed by atoms with van der Waals surface area (Å²) in [7, 11) is 1.83. The first kappa shape index (κ1) is 21.2. The SMILES string of the molecule is CNc1c(I)cc(/C=C2\C(=O)NC(=O)N(c3ccc(Br)c(C)c3)C2=O)cc1I. The Bertz CT molecular complexity index is 1030. The van der Waals surface area contributed by atoms with Gasteiger partial charge in [0.2, 0.25) is 0 Å². The van der Waals surface area contributed by atoms with Gasteiger partial charge < -0.3 is 5.32 Å². The zero-order chi connectivity index (χ0) is 20.6. The lowest BCUT2D eigenvalue weighted by molar-refractivity contribution is -0.122. The highest BCUT2D eigenvalue weighted by molar-refractivity contribution is 14.1. The number of hydrogen-bond acceptors (Lipinski definition) is 4. The predicted molar refractivity (Wildman–Crippen MR) is 129 cm³/mol. The van der Waals surface area contributed by atoms with E-state index >= 15 is 0 Å². The highest BCUT2D eigenvalue weighted by Crippen LogP contribution is 2.29. The van der Waals surface area contributed by atoms with Crippen molar-refractivity contribution in [3.63, 3.8) is 0 Å². The first-order valence-electron chi connectivity index (χ1n) is 8.07. The Morgan fingerprint density at radius 2 is 1.75 bits per heavy atom. The number of halogens is 3. The van der Waals surface area contributed by atoms with Crippen LogP contribution in [-0.4, -0.2) is 24.9 Å². The molecule has 28 heavy (non-hydrogen) atoms. The van der Waals surface area contributed by atoms with Gasteiger partial charge in [0.05, 0.1) is 11.4 Å². The van der Waals surface area contributed by atoms with Crippen molar-refractivity contribution in [2.75, 3.05) is 17.3 Å². The number of carbonyl (C=O) groups excluding carboxylic acids is 3. The molecule has 1 aliphatic heterocycles. The second-order valence-electron chi connectivity index (χ2n) is 6.00. The number of aryl methyl sites for hydroxylation is 1. The van der Waals surface area contributed by atoms with E-state index in [2.05, 4.69) is 71.7 Å². The van der Waals surface area contributed by atoms with Crippen molar-refractivity contribution in [1.82, 2.24) is 5.32 Å². The summed E-state index contributed by atoms with van der Waals surface area (Å²) in [5.41, 5.74) is 2.85. The molecule has 2 aromatic rings. The quantitative estimate of drug-likeness (QED) is 0.284. The average Bonchev–Trinajstić information content (AvgIpc) is 2.61. The molecule has 4 amide bonds. The van der Waals surface area contributed by atoms with Crippen molar-refractivity contribution in [3.05, 3.63) is 58.6 Å². The average molecular weight is 666 g/mol. The number of benzene rings is 2. The molecule has 0 spiro atoms. The normalized spacial score (nSPS) is 15.8. The molecule has 0 radical (unpaired) electrons. The van der Waals surface area contributed by atoms with Crippen LogP contribution in [0.1, 0.15) is 11.1 Å². The molecular formula is C19H14BrI2N3O3. The van der Waals surface area contributed by atoms with E-state index in [0.717, 1.165) is 27.8 Å². The summed E-state index contributed by atoms with van der Waals surface area (Å²) in [4.78, 5) is 38.6. The molecule has 6 nitrogen and oxygen atoms in total. The highest BCUT2D eigenvalue weighted by Gasteiger charge is 2.37. The molecule has 0 aliphatic carbocycles. The number of imide groups is 2. The number of amides is 4. The molecule has 1 heterocycles. The Morgan fingerprint density at radius 1 is 1.11 bits per heavy atom. The van der Waals surface area contributed by atoms with Crippen LogP contribution in [0.15, 0.2) is 40.4 Å². The molecule has 0 bridgehead atoms. The third-order valence-electron chi connectivity index (χ3n) is 4.13. The van der Waals surface area contributed by atoms with E-state index in [4.69, 9.17) is 0 Å².